The van der Waals surface area contributed by atoms with Gasteiger partial charge in [-0.2, -0.15) is 0 Å². The van der Waals surface area contributed by atoms with Gasteiger partial charge in [-0.05, 0) is 80.3 Å². The summed E-state index contributed by atoms with van der Waals surface area (Å²) in [6.45, 7) is 11.0. The van der Waals surface area contributed by atoms with Crippen molar-refractivity contribution in [1.82, 2.24) is 15.3 Å². The molecule has 1 aliphatic rings. The van der Waals surface area contributed by atoms with Crippen LogP contribution in [0.2, 0.25) is 0 Å². The minimum atomic E-state index is -0.676. The van der Waals surface area contributed by atoms with Crippen molar-refractivity contribution in [2.24, 2.45) is 5.92 Å². The highest BCUT2D eigenvalue weighted by molar-refractivity contribution is 5.65. The molecule has 0 bridgehead atoms. The molecule has 1 aromatic heterocycles. The Hall–Kier alpha value is -3.06. The predicted octanol–water partition coefficient (Wildman–Crippen LogP) is 6.17. The van der Waals surface area contributed by atoms with E-state index in [2.05, 4.69) is 47.9 Å². The zero-order chi connectivity index (χ0) is 25.7. The molecule has 0 unspecified atom stereocenters. The van der Waals surface area contributed by atoms with Crippen LogP contribution in [0.1, 0.15) is 51.7 Å². The molecule has 1 aliphatic heterocycles. The van der Waals surface area contributed by atoms with Crippen LogP contribution in [-0.4, -0.2) is 35.2 Å². The Morgan fingerprint density at radius 3 is 2.11 bits per heavy atom. The molecule has 0 aliphatic carbocycles. The van der Waals surface area contributed by atoms with E-state index in [9.17, 15) is 8.78 Å². The number of rotatable bonds is 8. The van der Waals surface area contributed by atoms with Crippen molar-refractivity contribution in [3.8, 4) is 16.9 Å². The smallest absolute Gasteiger partial charge is 0.225 e. The molecule has 0 spiro atoms. The summed E-state index contributed by atoms with van der Waals surface area (Å²) in [5, 5.41) is 3.43. The van der Waals surface area contributed by atoms with E-state index in [1.165, 1.54) is 12.1 Å². The summed E-state index contributed by atoms with van der Waals surface area (Å²) in [7, 11) is 0. The molecule has 2 aromatic carbocycles. The van der Waals surface area contributed by atoms with Gasteiger partial charge in [0.05, 0.1) is 6.61 Å². The van der Waals surface area contributed by atoms with Crippen LogP contribution >= 0.6 is 0 Å². The number of nitrogens with one attached hydrogen (secondary N) is 1. The average Bonchev–Trinajstić information content (AvgIpc) is 2.87. The van der Waals surface area contributed by atoms with Crippen molar-refractivity contribution in [2.75, 3.05) is 24.6 Å². The second kappa shape index (κ2) is 11.3. The number of halogens is 2. The summed E-state index contributed by atoms with van der Waals surface area (Å²) in [5.74, 6) is -0.692. The Balaban J connectivity index is 1.32. The van der Waals surface area contributed by atoms with Crippen molar-refractivity contribution in [1.29, 1.82) is 0 Å². The summed E-state index contributed by atoms with van der Waals surface area (Å²) in [6, 6.07) is 10.4. The van der Waals surface area contributed by atoms with E-state index in [1.807, 2.05) is 36.7 Å². The fourth-order valence-electron chi connectivity index (χ4n) is 4.24. The third-order valence-corrected chi connectivity index (χ3v) is 6.57. The molecule has 1 saturated heterocycles. The van der Waals surface area contributed by atoms with Gasteiger partial charge >= 0.3 is 0 Å². The Morgan fingerprint density at radius 2 is 1.56 bits per heavy atom. The lowest BCUT2D eigenvalue weighted by molar-refractivity contribution is 0.207. The monoisotopic (exact) mass is 494 g/mol. The molecule has 0 amide bonds. The molecular formula is C29H36F2N4O. The van der Waals surface area contributed by atoms with E-state index in [0.29, 0.717) is 5.56 Å². The third kappa shape index (κ3) is 6.78. The third-order valence-electron chi connectivity index (χ3n) is 6.57. The maximum Gasteiger partial charge on any atom is 0.225 e. The lowest BCUT2D eigenvalue weighted by atomic mass is 9.98. The molecule has 4 rings (SSSR count). The van der Waals surface area contributed by atoms with E-state index in [0.717, 1.165) is 61.5 Å². The minimum absolute atomic E-state index is 0.0207. The maximum atomic E-state index is 14.8. The highest BCUT2D eigenvalue weighted by Crippen LogP contribution is 2.30. The number of hydrogen-bond donors (Lipinski definition) is 1. The van der Waals surface area contributed by atoms with Gasteiger partial charge in [-0.15, -0.1) is 0 Å². The lowest BCUT2D eigenvalue weighted by Crippen LogP contribution is -2.36. The molecule has 2 heterocycles. The van der Waals surface area contributed by atoms with Gasteiger partial charge in [-0.25, -0.2) is 18.7 Å². The highest BCUT2D eigenvalue weighted by atomic mass is 19.1. The van der Waals surface area contributed by atoms with E-state index in [-0.39, 0.29) is 23.8 Å². The van der Waals surface area contributed by atoms with Crippen molar-refractivity contribution >= 4 is 5.95 Å². The van der Waals surface area contributed by atoms with Crippen LogP contribution in [0.3, 0.4) is 0 Å². The molecule has 1 N–H and O–H groups in total. The van der Waals surface area contributed by atoms with E-state index >= 15 is 0 Å². The van der Waals surface area contributed by atoms with Crippen LogP contribution in [0.25, 0.3) is 11.1 Å². The van der Waals surface area contributed by atoms with E-state index in [4.69, 9.17) is 4.74 Å². The standard InChI is InChI=1S/C29H36F2N4O/c1-5-20-16-32-28(33-17-20)35-12-10-22(11-13-35)19-36-27-25(30)14-24(15-26(27)31)23-8-6-21(7-9-23)18-34-29(2,3)4/h6-9,14-17,22,34H,5,10-13,18-19H2,1-4H3. The van der Waals surface area contributed by atoms with Gasteiger partial charge in [0.1, 0.15) is 0 Å². The first-order valence-electron chi connectivity index (χ1n) is 12.7. The number of piperidine rings is 1. The Bertz CT molecular complexity index is 1110. The quantitative estimate of drug-likeness (QED) is 0.406. The molecule has 3 aromatic rings. The molecule has 7 heteroatoms. The van der Waals surface area contributed by atoms with Gasteiger partial charge in [0, 0.05) is 37.6 Å². The molecule has 0 radical (unpaired) electrons. The van der Waals surface area contributed by atoms with Gasteiger partial charge < -0.3 is 15.0 Å². The number of ether oxygens (including phenoxy) is 1. The van der Waals surface area contributed by atoms with E-state index in [1.54, 1.807) is 0 Å². The Morgan fingerprint density at radius 1 is 0.944 bits per heavy atom. The summed E-state index contributed by atoms with van der Waals surface area (Å²) in [5.41, 5.74) is 3.51. The normalized spacial score (nSPS) is 14.8. The average molecular weight is 495 g/mol. The predicted molar refractivity (Wildman–Crippen MR) is 140 cm³/mol. The molecule has 1 fully saturated rings. The van der Waals surface area contributed by atoms with Crippen LogP contribution in [0.4, 0.5) is 14.7 Å². The molecule has 36 heavy (non-hydrogen) atoms. The second-order valence-corrected chi connectivity index (χ2v) is 10.6. The van der Waals surface area contributed by atoms with Gasteiger partial charge in [-0.1, -0.05) is 31.2 Å². The van der Waals surface area contributed by atoms with Crippen LogP contribution in [0.15, 0.2) is 48.8 Å². The van der Waals surface area contributed by atoms with Gasteiger partial charge in [0.25, 0.3) is 0 Å². The SMILES string of the molecule is CCc1cnc(N2CCC(COc3c(F)cc(-c4ccc(CNC(C)(C)C)cc4)cc3F)CC2)nc1. The first-order chi connectivity index (χ1) is 17.2. The van der Waals surface area contributed by atoms with Crippen molar-refractivity contribution < 1.29 is 13.5 Å². The summed E-state index contributed by atoms with van der Waals surface area (Å²) in [4.78, 5) is 11.1. The number of benzene rings is 2. The largest absolute Gasteiger partial charge is 0.487 e. The van der Waals surface area contributed by atoms with Crippen LogP contribution in [0, 0.1) is 17.6 Å². The second-order valence-electron chi connectivity index (χ2n) is 10.6. The van der Waals surface area contributed by atoms with Gasteiger partial charge in [0.2, 0.25) is 5.95 Å². The summed E-state index contributed by atoms with van der Waals surface area (Å²) in [6.07, 6.45) is 6.36. The fourth-order valence-corrected chi connectivity index (χ4v) is 4.24. The topological polar surface area (TPSA) is 50.3 Å². The lowest BCUT2D eigenvalue weighted by Gasteiger charge is -2.31. The Kier molecular flexibility index (Phi) is 8.19. The number of aryl methyl sites for hydroxylation is 1. The molecule has 192 valence electrons. The molecular weight excluding hydrogens is 458 g/mol. The zero-order valence-electron chi connectivity index (χ0n) is 21.7. The molecule has 0 saturated carbocycles. The van der Waals surface area contributed by atoms with Crippen LogP contribution < -0.4 is 15.0 Å². The number of hydrogen-bond acceptors (Lipinski definition) is 5. The number of aromatic nitrogens is 2. The number of nitrogens with zero attached hydrogens (tertiary/aromatic N) is 3. The fraction of sp³-hybridized carbons (Fsp3) is 0.448. The highest BCUT2D eigenvalue weighted by Gasteiger charge is 2.23. The van der Waals surface area contributed by atoms with Gasteiger partial charge in [0.15, 0.2) is 17.4 Å². The molecule has 0 atom stereocenters. The minimum Gasteiger partial charge on any atom is -0.487 e. The maximum absolute atomic E-state index is 14.8. The van der Waals surface area contributed by atoms with E-state index < -0.39 is 11.6 Å². The summed E-state index contributed by atoms with van der Waals surface area (Å²) < 4.78 is 35.3. The molecule has 5 nitrogen and oxygen atoms in total. The Labute approximate surface area is 212 Å². The van der Waals surface area contributed by atoms with Crippen LogP contribution in [-0.2, 0) is 13.0 Å². The van der Waals surface area contributed by atoms with Crippen molar-refractivity contribution in [3.05, 3.63) is 71.6 Å². The van der Waals surface area contributed by atoms with Gasteiger partial charge in [-0.3, -0.25) is 0 Å². The first-order valence-corrected chi connectivity index (χ1v) is 12.7. The number of anilines is 1. The van der Waals surface area contributed by atoms with Crippen molar-refractivity contribution in [2.45, 2.75) is 59.0 Å². The summed E-state index contributed by atoms with van der Waals surface area (Å²) >= 11 is 0. The zero-order valence-corrected chi connectivity index (χ0v) is 21.7. The van der Waals surface area contributed by atoms with Crippen molar-refractivity contribution in [3.63, 3.8) is 0 Å². The van der Waals surface area contributed by atoms with Crippen LogP contribution in [0.5, 0.6) is 5.75 Å². The first kappa shape index (κ1) is 26.0.